The summed E-state index contributed by atoms with van der Waals surface area (Å²) in [6, 6.07) is 8.72. The smallest absolute Gasteiger partial charge is 0.406 e. The number of hydrogen-bond donors (Lipinski definition) is 0. The van der Waals surface area contributed by atoms with Crippen molar-refractivity contribution in [3.63, 3.8) is 0 Å². The van der Waals surface area contributed by atoms with Crippen molar-refractivity contribution in [1.29, 1.82) is 0 Å². The maximum Gasteiger partial charge on any atom is 0.573 e. The summed E-state index contributed by atoms with van der Waals surface area (Å²) >= 11 is 0. The zero-order valence-corrected chi connectivity index (χ0v) is 15.5. The van der Waals surface area contributed by atoms with Crippen LogP contribution < -0.4 is 4.74 Å². The molecule has 2 aromatic rings. The molecule has 0 aliphatic rings. The molecule has 2 aromatic carbocycles. The fraction of sp³-hybridized carbons (Fsp3) is 0.273. The lowest BCUT2D eigenvalue weighted by molar-refractivity contribution is -0.274. The Morgan fingerprint density at radius 2 is 1.66 bits per heavy atom. The standard InChI is InChI=1S/C22H18F6O/c1-2-3-13-21(24,25)14-12-17-5-9-18(20(23)15-17)8-4-16-6-10-19(11-7-16)29-22(26,27)28/h5-7,9-12,14-15H,2-3,13H2,1H3/b14-12+. The summed E-state index contributed by atoms with van der Waals surface area (Å²) in [5, 5.41) is 0. The lowest BCUT2D eigenvalue weighted by Gasteiger charge is -2.10. The number of allylic oxidation sites excluding steroid dienone is 1. The van der Waals surface area contributed by atoms with Gasteiger partial charge in [0.05, 0.1) is 5.56 Å². The largest absolute Gasteiger partial charge is 0.573 e. The van der Waals surface area contributed by atoms with Crippen molar-refractivity contribution in [3.05, 3.63) is 71.0 Å². The molecule has 0 spiro atoms. The zero-order chi connectivity index (χ0) is 21.5. The molecule has 0 aliphatic heterocycles. The molecule has 0 amide bonds. The van der Waals surface area contributed by atoms with Crippen molar-refractivity contribution in [3.8, 4) is 17.6 Å². The maximum absolute atomic E-state index is 14.2. The number of alkyl halides is 5. The Morgan fingerprint density at radius 3 is 2.24 bits per heavy atom. The molecule has 7 heteroatoms. The van der Waals surface area contributed by atoms with Crippen LogP contribution in [0.15, 0.2) is 48.5 Å². The monoisotopic (exact) mass is 412 g/mol. The maximum atomic E-state index is 14.2. The molecule has 0 unspecified atom stereocenters. The van der Waals surface area contributed by atoms with E-state index in [4.69, 9.17) is 0 Å². The van der Waals surface area contributed by atoms with Crippen molar-refractivity contribution < 1.29 is 31.1 Å². The van der Waals surface area contributed by atoms with Crippen LogP contribution in [-0.2, 0) is 0 Å². The third-order valence-corrected chi connectivity index (χ3v) is 3.81. The van der Waals surface area contributed by atoms with Gasteiger partial charge in [-0.25, -0.2) is 13.2 Å². The van der Waals surface area contributed by atoms with Gasteiger partial charge in [-0.3, -0.25) is 0 Å². The third-order valence-electron chi connectivity index (χ3n) is 3.81. The topological polar surface area (TPSA) is 9.23 Å². The third kappa shape index (κ3) is 7.94. The van der Waals surface area contributed by atoms with Gasteiger partial charge < -0.3 is 4.74 Å². The van der Waals surface area contributed by atoms with E-state index in [1.54, 1.807) is 0 Å². The Balaban J connectivity index is 2.08. The van der Waals surface area contributed by atoms with E-state index in [9.17, 15) is 26.3 Å². The molecule has 0 aliphatic carbocycles. The van der Waals surface area contributed by atoms with Gasteiger partial charge in [-0.05, 0) is 54.5 Å². The van der Waals surface area contributed by atoms with Crippen molar-refractivity contribution in [1.82, 2.24) is 0 Å². The van der Waals surface area contributed by atoms with Gasteiger partial charge in [-0.1, -0.05) is 37.3 Å². The molecular weight excluding hydrogens is 394 g/mol. The van der Waals surface area contributed by atoms with E-state index in [-0.39, 0.29) is 23.3 Å². The van der Waals surface area contributed by atoms with E-state index in [1.165, 1.54) is 24.3 Å². The average molecular weight is 412 g/mol. The first kappa shape index (κ1) is 22.4. The number of rotatable bonds is 6. The van der Waals surface area contributed by atoms with Crippen molar-refractivity contribution in [2.24, 2.45) is 0 Å². The summed E-state index contributed by atoms with van der Waals surface area (Å²) in [7, 11) is 0. The van der Waals surface area contributed by atoms with Crippen LogP contribution in [0.4, 0.5) is 26.3 Å². The van der Waals surface area contributed by atoms with Crippen molar-refractivity contribution in [2.75, 3.05) is 0 Å². The van der Waals surface area contributed by atoms with Gasteiger partial charge in [0, 0.05) is 12.0 Å². The van der Waals surface area contributed by atoms with Crippen molar-refractivity contribution >= 4 is 6.08 Å². The van der Waals surface area contributed by atoms with Crippen LogP contribution in [0, 0.1) is 17.7 Å². The van der Waals surface area contributed by atoms with Gasteiger partial charge in [0.15, 0.2) is 0 Å². The van der Waals surface area contributed by atoms with Crippen LogP contribution in [0.5, 0.6) is 5.75 Å². The van der Waals surface area contributed by atoms with E-state index in [0.717, 1.165) is 30.4 Å². The molecular formula is C22H18F6O. The van der Waals surface area contributed by atoms with E-state index in [1.807, 2.05) is 6.92 Å². The van der Waals surface area contributed by atoms with Crippen LogP contribution in [0.3, 0.4) is 0 Å². The molecule has 0 atom stereocenters. The molecule has 0 saturated heterocycles. The molecule has 0 N–H and O–H groups in total. The SMILES string of the molecule is CCCCC(F)(F)/C=C/c1ccc(C#Cc2ccc(OC(F)(F)F)cc2)c(F)c1. The Hall–Kier alpha value is -2.88. The number of unbranched alkanes of at least 4 members (excludes halogenated alkanes) is 1. The highest BCUT2D eigenvalue weighted by atomic mass is 19.4. The minimum absolute atomic E-state index is 0.0375. The van der Waals surface area contributed by atoms with Crippen LogP contribution in [0.2, 0.25) is 0 Å². The second-order valence-electron chi connectivity index (χ2n) is 6.26. The highest BCUT2D eigenvalue weighted by molar-refractivity contribution is 5.53. The molecule has 0 aromatic heterocycles. The lowest BCUT2D eigenvalue weighted by atomic mass is 10.1. The zero-order valence-electron chi connectivity index (χ0n) is 15.5. The Labute approximate surface area is 165 Å². The van der Waals surface area contributed by atoms with Crippen LogP contribution in [0.25, 0.3) is 6.08 Å². The first-order chi connectivity index (χ1) is 13.6. The fourth-order valence-electron chi connectivity index (χ4n) is 2.33. The lowest BCUT2D eigenvalue weighted by Crippen LogP contribution is -2.16. The molecule has 0 radical (unpaired) electrons. The van der Waals surface area contributed by atoms with E-state index in [2.05, 4.69) is 16.6 Å². The average Bonchev–Trinajstić information content (AvgIpc) is 2.64. The number of benzene rings is 2. The van der Waals surface area contributed by atoms with Crippen molar-refractivity contribution in [2.45, 2.75) is 38.5 Å². The van der Waals surface area contributed by atoms with Gasteiger partial charge in [0.1, 0.15) is 11.6 Å². The van der Waals surface area contributed by atoms with Gasteiger partial charge >= 0.3 is 6.36 Å². The highest BCUT2D eigenvalue weighted by Crippen LogP contribution is 2.25. The quantitative estimate of drug-likeness (QED) is 0.368. The molecule has 0 heterocycles. The number of hydrogen-bond acceptors (Lipinski definition) is 1. The molecule has 1 nitrogen and oxygen atoms in total. The second-order valence-corrected chi connectivity index (χ2v) is 6.26. The molecule has 154 valence electrons. The molecule has 0 bridgehead atoms. The minimum Gasteiger partial charge on any atom is -0.406 e. The normalized spacial score (nSPS) is 12.0. The summed E-state index contributed by atoms with van der Waals surface area (Å²) < 4.78 is 81.5. The Morgan fingerprint density at radius 1 is 0.966 bits per heavy atom. The van der Waals surface area contributed by atoms with E-state index < -0.39 is 18.1 Å². The highest BCUT2D eigenvalue weighted by Gasteiger charge is 2.30. The van der Waals surface area contributed by atoms with Gasteiger partial charge in [0.2, 0.25) is 0 Å². The second kappa shape index (κ2) is 9.55. The summed E-state index contributed by atoms with van der Waals surface area (Å²) in [5.74, 6) is 1.16. The Kier molecular flexibility index (Phi) is 7.38. The molecule has 29 heavy (non-hydrogen) atoms. The molecule has 0 fully saturated rings. The Bertz CT molecular complexity index is 902. The summed E-state index contributed by atoms with van der Waals surface area (Å²) in [6.45, 7) is 1.82. The minimum atomic E-state index is -4.79. The fourth-order valence-corrected chi connectivity index (χ4v) is 2.33. The first-order valence-electron chi connectivity index (χ1n) is 8.82. The van der Waals surface area contributed by atoms with Gasteiger partial charge in [-0.15, -0.1) is 13.2 Å². The molecule has 0 saturated carbocycles. The summed E-state index contributed by atoms with van der Waals surface area (Å²) in [6.07, 6.45) is -2.08. The van der Waals surface area contributed by atoms with E-state index >= 15 is 0 Å². The van der Waals surface area contributed by atoms with Crippen LogP contribution in [-0.4, -0.2) is 12.3 Å². The van der Waals surface area contributed by atoms with E-state index in [0.29, 0.717) is 18.4 Å². The summed E-state index contributed by atoms with van der Waals surface area (Å²) in [4.78, 5) is 0. The van der Waals surface area contributed by atoms with Gasteiger partial charge in [-0.2, -0.15) is 0 Å². The first-order valence-corrected chi connectivity index (χ1v) is 8.82. The van der Waals surface area contributed by atoms with Gasteiger partial charge in [0.25, 0.3) is 5.92 Å². The number of ether oxygens (including phenoxy) is 1. The van der Waals surface area contributed by atoms with Crippen LogP contribution >= 0.6 is 0 Å². The predicted molar refractivity (Wildman–Crippen MR) is 99.0 cm³/mol. The number of halogens is 6. The summed E-state index contributed by atoms with van der Waals surface area (Å²) in [5.41, 5.74) is 0.673. The molecule has 2 rings (SSSR count). The predicted octanol–water partition coefficient (Wildman–Crippen LogP) is 6.96. The van der Waals surface area contributed by atoms with Crippen LogP contribution in [0.1, 0.15) is 42.9 Å².